The highest BCUT2D eigenvalue weighted by molar-refractivity contribution is 7.18. The number of amides is 1. The second kappa shape index (κ2) is 9.03. The molecule has 1 atom stereocenters. The zero-order chi connectivity index (χ0) is 20.2. The molecule has 0 spiro atoms. The second-order valence-corrected chi connectivity index (χ2v) is 8.97. The Morgan fingerprint density at radius 1 is 1.17 bits per heavy atom. The Bertz CT molecular complexity index is 971. The summed E-state index contributed by atoms with van der Waals surface area (Å²) in [6.07, 6.45) is 2.59. The highest BCUT2D eigenvalue weighted by Crippen LogP contribution is 2.27. The monoisotopic (exact) mass is 426 g/mol. The average molecular weight is 427 g/mol. The Balaban J connectivity index is 1.37. The number of halogens is 1. The van der Waals surface area contributed by atoms with Gasteiger partial charge in [-0.3, -0.25) is 15.0 Å². The Hall–Kier alpha value is -2.28. The third-order valence-corrected chi connectivity index (χ3v) is 6.24. The molecule has 2 aromatic carbocycles. The number of anilines is 1. The fourth-order valence-electron chi connectivity index (χ4n) is 3.60. The van der Waals surface area contributed by atoms with Crippen LogP contribution in [0.25, 0.3) is 10.6 Å². The van der Waals surface area contributed by atoms with E-state index in [1.807, 2.05) is 48.5 Å². The van der Waals surface area contributed by atoms with Crippen LogP contribution in [-0.2, 0) is 6.54 Å². The first kappa shape index (κ1) is 20.0. The van der Waals surface area contributed by atoms with Crippen molar-refractivity contribution in [2.75, 3.05) is 18.4 Å². The summed E-state index contributed by atoms with van der Waals surface area (Å²) in [7, 11) is 0. The molecule has 2 heterocycles. The molecular weight excluding hydrogens is 404 g/mol. The Kier molecular flexibility index (Phi) is 6.23. The van der Waals surface area contributed by atoms with Crippen LogP contribution in [0, 0.1) is 5.92 Å². The zero-order valence-corrected chi connectivity index (χ0v) is 17.8. The number of nitrogens with zero attached hydrogens (tertiary/aromatic N) is 3. The van der Waals surface area contributed by atoms with E-state index in [2.05, 4.69) is 27.3 Å². The fraction of sp³-hybridized carbons (Fsp3) is 0.318. The molecule has 4 rings (SSSR count). The number of nitrogens with one attached hydrogen (secondary N) is 1. The Labute approximate surface area is 179 Å². The van der Waals surface area contributed by atoms with Gasteiger partial charge < -0.3 is 0 Å². The molecule has 1 aliphatic heterocycles. The number of carbonyl (C=O) groups is 1. The van der Waals surface area contributed by atoms with Gasteiger partial charge in [0.25, 0.3) is 5.91 Å². The quantitative estimate of drug-likeness (QED) is 0.598. The number of piperidine rings is 1. The lowest BCUT2D eigenvalue weighted by Crippen LogP contribution is -2.33. The van der Waals surface area contributed by atoms with Crippen molar-refractivity contribution in [3.05, 3.63) is 64.7 Å². The minimum Gasteiger partial charge on any atom is -0.299 e. The van der Waals surface area contributed by atoms with Gasteiger partial charge in [-0.15, -0.1) is 10.2 Å². The molecule has 0 aliphatic carbocycles. The van der Waals surface area contributed by atoms with Gasteiger partial charge in [-0.25, -0.2) is 0 Å². The van der Waals surface area contributed by atoms with Gasteiger partial charge in [0.05, 0.1) is 0 Å². The van der Waals surface area contributed by atoms with E-state index in [1.165, 1.54) is 29.7 Å². The molecule has 7 heteroatoms. The third kappa shape index (κ3) is 5.21. The highest BCUT2D eigenvalue weighted by Gasteiger charge is 2.16. The molecule has 1 aliphatic rings. The van der Waals surface area contributed by atoms with Crippen LogP contribution in [-0.4, -0.2) is 34.1 Å². The van der Waals surface area contributed by atoms with E-state index in [-0.39, 0.29) is 5.91 Å². The van der Waals surface area contributed by atoms with Crippen LogP contribution in [0.3, 0.4) is 0 Å². The van der Waals surface area contributed by atoms with E-state index in [0.717, 1.165) is 36.1 Å². The number of hydrogen-bond acceptors (Lipinski definition) is 5. The van der Waals surface area contributed by atoms with Crippen LogP contribution >= 0.6 is 22.9 Å². The van der Waals surface area contributed by atoms with Crippen LogP contribution in [0.2, 0.25) is 5.02 Å². The third-order valence-electron chi connectivity index (χ3n) is 5.10. The molecule has 1 fully saturated rings. The summed E-state index contributed by atoms with van der Waals surface area (Å²) >= 11 is 7.26. The first-order valence-electron chi connectivity index (χ1n) is 9.79. The molecule has 150 valence electrons. The second-order valence-electron chi connectivity index (χ2n) is 7.55. The van der Waals surface area contributed by atoms with Crippen molar-refractivity contribution in [2.24, 2.45) is 5.92 Å². The molecule has 0 bridgehead atoms. The summed E-state index contributed by atoms with van der Waals surface area (Å²) in [5.74, 6) is 0.584. The van der Waals surface area contributed by atoms with Crippen molar-refractivity contribution in [1.82, 2.24) is 15.1 Å². The van der Waals surface area contributed by atoms with E-state index in [1.54, 1.807) is 0 Å². The molecule has 1 N–H and O–H groups in total. The number of benzene rings is 2. The van der Waals surface area contributed by atoms with E-state index in [9.17, 15) is 4.79 Å². The Morgan fingerprint density at radius 3 is 2.66 bits per heavy atom. The first-order valence-corrected chi connectivity index (χ1v) is 11.0. The van der Waals surface area contributed by atoms with Crippen molar-refractivity contribution in [2.45, 2.75) is 26.3 Å². The van der Waals surface area contributed by atoms with Crippen molar-refractivity contribution >= 4 is 34.0 Å². The van der Waals surface area contributed by atoms with Gasteiger partial charge in [0.2, 0.25) is 5.13 Å². The summed E-state index contributed by atoms with van der Waals surface area (Å²) in [6, 6.07) is 15.2. The maximum absolute atomic E-state index is 12.5. The van der Waals surface area contributed by atoms with Crippen LogP contribution in [0.1, 0.15) is 35.7 Å². The summed E-state index contributed by atoms with van der Waals surface area (Å²) in [5.41, 5.74) is 2.77. The maximum Gasteiger partial charge on any atom is 0.257 e. The molecule has 1 amide bonds. The topological polar surface area (TPSA) is 58.1 Å². The molecule has 0 radical (unpaired) electrons. The Morgan fingerprint density at radius 2 is 1.93 bits per heavy atom. The van der Waals surface area contributed by atoms with E-state index >= 15 is 0 Å². The average Bonchev–Trinajstić information content (AvgIpc) is 3.17. The molecule has 1 aromatic heterocycles. The SMILES string of the molecule is CC1CCCN(Cc2ccc(C(=O)Nc3nnc(-c4ccc(Cl)cc4)s3)cc2)C1. The lowest BCUT2D eigenvalue weighted by Gasteiger charge is -2.30. The number of likely N-dealkylation sites (tertiary alicyclic amines) is 1. The zero-order valence-electron chi connectivity index (χ0n) is 16.3. The van der Waals surface area contributed by atoms with Gasteiger partial charge in [-0.1, -0.05) is 54.1 Å². The van der Waals surface area contributed by atoms with Crippen LogP contribution in [0.5, 0.6) is 0 Å². The molecule has 5 nitrogen and oxygen atoms in total. The summed E-state index contributed by atoms with van der Waals surface area (Å²) in [5, 5.41) is 13.0. The lowest BCUT2D eigenvalue weighted by molar-refractivity contribution is 0.102. The number of carbonyl (C=O) groups excluding carboxylic acids is 1. The van der Waals surface area contributed by atoms with E-state index < -0.39 is 0 Å². The van der Waals surface area contributed by atoms with Gasteiger partial charge >= 0.3 is 0 Å². The predicted molar refractivity (Wildman–Crippen MR) is 118 cm³/mol. The predicted octanol–water partition coefficient (Wildman–Crippen LogP) is 5.34. The van der Waals surface area contributed by atoms with Crippen molar-refractivity contribution < 1.29 is 4.79 Å². The number of rotatable bonds is 5. The van der Waals surface area contributed by atoms with Gasteiger partial charge in [-0.2, -0.15) is 0 Å². The molecular formula is C22H23ClN4OS. The first-order chi connectivity index (χ1) is 14.1. The van der Waals surface area contributed by atoms with Gasteiger partial charge in [-0.05, 0) is 55.1 Å². The van der Waals surface area contributed by atoms with Gasteiger partial charge in [0.1, 0.15) is 5.01 Å². The highest BCUT2D eigenvalue weighted by atomic mass is 35.5. The maximum atomic E-state index is 12.5. The van der Waals surface area contributed by atoms with Gasteiger partial charge in [0.15, 0.2) is 0 Å². The van der Waals surface area contributed by atoms with Crippen LogP contribution < -0.4 is 5.32 Å². The van der Waals surface area contributed by atoms with E-state index in [4.69, 9.17) is 11.6 Å². The number of aromatic nitrogens is 2. The molecule has 29 heavy (non-hydrogen) atoms. The van der Waals surface area contributed by atoms with Gasteiger partial charge in [0, 0.05) is 29.2 Å². The minimum absolute atomic E-state index is 0.179. The summed E-state index contributed by atoms with van der Waals surface area (Å²) < 4.78 is 0. The lowest BCUT2D eigenvalue weighted by atomic mass is 9.99. The molecule has 3 aromatic rings. The van der Waals surface area contributed by atoms with Crippen LogP contribution in [0.15, 0.2) is 48.5 Å². The van der Waals surface area contributed by atoms with Crippen molar-refractivity contribution in [3.63, 3.8) is 0 Å². The smallest absolute Gasteiger partial charge is 0.257 e. The number of hydrogen-bond donors (Lipinski definition) is 1. The van der Waals surface area contributed by atoms with Crippen molar-refractivity contribution in [3.8, 4) is 10.6 Å². The van der Waals surface area contributed by atoms with E-state index in [0.29, 0.717) is 15.7 Å². The standard InChI is InChI=1S/C22H23ClN4OS/c1-15-3-2-12-27(13-15)14-16-4-6-17(7-5-16)20(28)24-22-26-25-21(29-22)18-8-10-19(23)11-9-18/h4-11,15H,2-3,12-14H2,1H3,(H,24,26,28). The minimum atomic E-state index is -0.179. The largest absolute Gasteiger partial charge is 0.299 e. The molecule has 1 saturated heterocycles. The molecule has 0 saturated carbocycles. The van der Waals surface area contributed by atoms with Crippen molar-refractivity contribution in [1.29, 1.82) is 0 Å². The normalized spacial score (nSPS) is 17.2. The van der Waals surface area contributed by atoms with Crippen LogP contribution in [0.4, 0.5) is 5.13 Å². The molecule has 1 unspecified atom stereocenters. The summed E-state index contributed by atoms with van der Waals surface area (Å²) in [6.45, 7) is 5.55. The fourth-order valence-corrected chi connectivity index (χ4v) is 4.47. The summed E-state index contributed by atoms with van der Waals surface area (Å²) in [4.78, 5) is 15.0.